The van der Waals surface area contributed by atoms with Crippen molar-refractivity contribution >= 4 is 0 Å². The average molecular weight is 213 g/mol. The maximum absolute atomic E-state index is 5.17. The van der Waals surface area contributed by atoms with Gasteiger partial charge in [0, 0.05) is 26.3 Å². The fourth-order valence-electron chi connectivity index (χ4n) is 2.21. The molecule has 0 aromatic heterocycles. The van der Waals surface area contributed by atoms with Crippen LogP contribution in [0.1, 0.15) is 46.5 Å². The molecule has 0 amide bonds. The van der Waals surface area contributed by atoms with Gasteiger partial charge in [0.15, 0.2) is 0 Å². The third-order valence-corrected chi connectivity index (χ3v) is 3.78. The summed E-state index contributed by atoms with van der Waals surface area (Å²) >= 11 is 0. The van der Waals surface area contributed by atoms with Gasteiger partial charge in [-0.05, 0) is 37.0 Å². The lowest BCUT2D eigenvalue weighted by atomic mass is 9.98. The SMILES string of the molecule is CCC(NCC1(CCOC)CC1)C(C)C. The van der Waals surface area contributed by atoms with Gasteiger partial charge >= 0.3 is 0 Å². The van der Waals surface area contributed by atoms with Crippen molar-refractivity contribution in [1.82, 2.24) is 5.32 Å². The lowest BCUT2D eigenvalue weighted by Gasteiger charge is -2.24. The van der Waals surface area contributed by atoms with E-state index < -0.39 is 0 Å². The Labute approximate surface area is 94.8 Å². The fourth-order valence-corrected chi connectivity index (χ4v) is 2.21. The van der Waals surface area contributed by atoms with Crippen LogP contribution in [-0.2, 0) is 4.74 Å². The number of hydrogen-bond donors (Lipinski definition) is 1. The van der Waals surface area contributed by atoms with Crippen LogP contribution in [0.2, 0.25) is 0 Å². The molecule has 1 saturated carbocycles. The van der Waals surface area contributed by atoms with Gasteiger partial charge in [-0.1, -0.05) is 20.8 Å². The molecule has 1 aliphatic carbocycles. The van der Waals surface area contributed by atoms with Gasteiger partial charge in [0.1, 0.15) is 0 Å². The predicted molar refractivity (Wildman–Crippen MR) is 65.1 cm³/mol. The van der Waals surface area contributed by atoms with Crippen LogP contribution in [0.15, 0.2) is 0 Å². The predicted octanol–water partition coefficient (Wildman–Crippen LogP) is 2.83. The molecule has 1 atom stereocenters. The molecule has 1 aliphatic rings. The van der Waals surface area contributed by atoms with Crippen LogP contribution >= 0.6 is 0 Å². The molecule has 0 radical (unpaired) electrons. The Morgan fingerprint density at radius 3 is 2.40 bits per heavy atom. The highest BCUT2D eigenvalue weighted by atomic mass is 16.5. The molecule has 90 valence electrons. The highest BCUT2D eigenvalue weighted by molar-refractivity contribution is 4.95. The van der Waals surface area contributed by atoms with Gasteiger partial charge in [0.2, 0.25) is 0 Å². The Hall–Kier alpha value is -0.0800. The maximum Gasteiger partial charge on any atom is 0.0468 e. The van der Waals surface area contributed by atoms with Crippen molar-refractivity contribution in [2.45, 2.75) is 52.5 Å². The van der Waals surface area contributed by atoms with E-state index in [1.807, 2.05) is 0 Å². The van der Waals surface area contributed by atoms with Crippen LogP contribution < -0.4 is 5.32 Å². The Morgan fingerprint density at radius 1 is 1.33 bits per heavy atom. The monoisotopic (exact) mass is 213 g/mol. The molecular formula is C13H27NO. The van der Waals surface area contributed by atoms with Gasteiger partial charge in [-0.15, -0.1) is 0 Å². The van der Waals surface area contributed by atoms with E-state index in [0.717, 1.165) is 12.5 Å². The molecule has 1 fully saturated rings. The standard InChI is InChI=1S/C13H27NO/c1-5-12(11(2)3)14-10-13(6-7-13)8-9-15-4/h11-12,14H,5-10H2,1-4H3. The molecule has 1 unspecified atom stereocenters. The zero-order chi connectivity index (χ0) is 11.3. The second kappa shape index (κ2) is 5.86. The van der Waals surface area contributed by atoms with Crippen molar-refractivity contribution in [2.75, 3.05) is 20.3 Å². The molecule has 0 saturated heterocycles. The van der Waals surface area contributed by atoms with E-state index >= 15 is 0 Å². The summed E-state index contributed by atoms with van der Waals surface area (Å²) in [6.45, 7) is 8.98. The molecule has 0 aromatic rings. The molecule has 2 heteroatoms. The number of ether oxygens (including phenoxy) is 1. The van der Waals surface area contributed by atoms with Gasteiger partial charge in [0.25, 0.3) is 0 Å². The average Bonchev–Trinajstić information content (AvgIpc) is 2.96. The van der Waals surface area contributed by atoms with Crippen molar-refractivity contribution in [3.8, 4) is 0 Å². The van der Waals surface area contributed by atoms with Crippen molar-refractivity contribution < 1.29 is 4.74 Å². The lowest BCUT2D eigenvalue weighted by molar-refractivity contribution is 0.169. The highest BCUT2D eigenvalue weighted by Gasteiger charge is 2.41. The molecule has 0 spiro atoms. The molecular weight excluding hydrogens is 186 g/mol. The van der Waals surface area contributed by atoms with Gasteiger partial charge in [-0.25, -0.2) is 0 Å². The number of nitrogens with one attached hydrogen (secondary N) is 1. The summed E-state index contributed by atoms with van der Waals surface area (Å²) in [4.78, 5) is 0. The van der Waals surface area contributed by atoms with E-state index in [1.165, 1.54) is 32.2 Å². The second-order valence-electron chi connectivity index (χ2n) is 5.38. The van der Waals surface area contributed by atoms with E-state index in [4.69, 9.17) is 4.74 Å². The molecule has 0 aliphatic heterocycles. The molecule has 0 heterocycles. The topological polar surface area (TPSA) is 21.3 Å². The lowest BCUT2D eigenvalue weighted by Crippen LogP contribution is -2.37. The van der Waals surface area contributed by atoms with Gasteiger partial charge in [0.05, 0.1) is 0 Å². The third-order valence-electron chi connectivity index (χ3n) is 3.78. The normalized spacial score (nSPS) is 20.6. The zero-order valence-electron chi connectivity index (χ0n) is 10.8. The first-order chi connectivity index (χ1) is 7.13. The second-order valence-corrected chi connectivity index (χ2v) is 5.38. The molecule has 0 bridgehead atoms. The number of hydrogen-bond acceptors (Lipinski definition) is 2. The van der Waals surface area contributed by atoms with Crippen LogP contribution in [0.25, 0.3) is 0 Å². The highest BCUT2D eigenvalue weighted by Crippen LogP contribution is 2.48. The van der Waals surface area contributed by atoms with E-state index in [0.29, 0.717) is 11.5 Å². The van der Waals surface area contributed by atoms with Crippen molar-refractivity contribution in [3.63, 3.8) is 0 Å². The molecule has 1 N–H and O–H groups in total. The Morgan fingerprint density at radius 2 is 2.00 bits per heavy atom. The van der Waals surface area contributed by atoms with E-state index in [1.54, 1.807) is 7.11 Å². The molecule has 0 aromatic carbocycles. The van der Waals surface area contributed by atoms with E-state index in [9.17, 15) is 0 Å². The summed E-state index contributed by atoms with van der Waals surface area (Å²) < 4.78 is 5.17. The van der Waals surface area contributed by atoms with Crippen molar-refractivity contribution in [3.05, 3.63) is 0 Å². The van der Waals surface area contributed by atoms with Crippen LogP contribution in [0.3, 0.4) is 0 Å². The Balaban J connectivity index is 2.23. The molecule has 1 rings (SSSR count). The smallest absolute Gasteiger partial charge is 0.0468 e. The number of methoxy groups -OCH3 is 1. The first-order valence-corrected chi connectivity index (χ1v) is 6.36. The van der Waals surface area contributed by atoms with Crippen LogP contribution in [-0.4, -0.2) is 26.3 Å². The zero-order valence-corrected chi connectivity index (χ0v) is 10.8. The molecule has 2 nitrogen and oxygen atoms in total. The minimum atomic E-state index is 0.582. The van der Waals surface area contributed by atoms with Gasteiger partial charge in [-0.2, -0.15) is 0 Å². The summed E-state index contributed by atoms with van der Waals surface area (Å²) in [6.07, 6.45) is 5.23. The van der Waals surface area contributed by atoms with Crippen LogP contribution in [0.4, 0.5) is 0 Å². The van der Waals surface area contributed by atoms with Gasteiger partial charge in [-0.3, -0.25) is 0 Å². The summed E-state index contributed by atoms with van der Waals surface area (Å²) in [7, 11) is 1.80. The van der Waals surface area contributed by atoms with Gasteiger partial charge < -0.3 is 10.1 Å². The Bertz CT molecular complexity index is 175. The van der Waals surface area contributed by atoms with Crippen LogP contribution in [0.5, 0.6) is 0 Å². The first-order valence-electron chi connectivity index (χ1n) is 6.36. The fraction of sp³-hybridized carbons (Fsp3) is 1.00. The first kappa shape index (κ1) is 13.0. The van der Waals surface area contributed by atoms with Crippen molar-refractivity contribution in [2.24, 2.45) is 11.3 Å². The maximum atomic E-state index is 5.17. The number of rotatable bonds is 8. The van der Waals surface area contributed by atoms with E-state index in [-0.39, 0.29) is 0 Å². The van der Waals surface area contributed by atoms with E-state index in [2.05, 4.69) is 26.1 Å². The quantitative estimate of drug-likeness (QED) is 0.669. The summed E-state index contributed by atoms with van der Waals surface area (Å²) in [5.41, 5.74) is 0.582. The largest absolute Gasteiger partial charge is 0.385 e. The minimum absolute atomic E-state index is 0.582. The minimum Gasteiger partial charge on any atom is -0.385 e. The van der Waals surface area contributed by atoms with Crippen LogP contribution in [0, 0.1) is 11.3 Å². The van der Waals surface area contributed by atoms with Crippen molar-refractivity contribution in [1.29, 1.82) is 0 Å². The Kier molecular flexibility index (Phi) is 5.07. The summed E-state index contributed by atoms with van der Waals surface area (Å²) in [5, 5.41) is 3.72. The molecule has 15 heavy (non-hydrogen) atoms. The summed E-state index contributed by atoms with van der Waals surface area (Å²) in [5.74, 6) is 0.744. The third kappa shape index (κ3) is 4.12. The summed E-state index contributed by atoms with van der Waals surface area (Å²) in [6, 6.07) is 0.685.